The van der Waals surface area contributed by atoms with Crippen molar-refractivity contribution in [2.75, 3.05) is 6.54 Å². The minimum atomic E-state index is -0.787. The van der Waals surface area contributed by atoms with Gasteiger partial charge in [-0.2, -0.15) is 5.10 Å². The minimum Gasteiger partial charge on any atom is -0.310 e. The summed E-state index contributed by atoms with van der Waals surface area (Å²) in [5.41, 5.74) is 1.35. The summed E-state index contributed by atoms with van der Waals surface area (Å²) in [5, 5.41) is 12.7. The van der Waals surface area contributed by atoms with Crippen molar-refractivity contribution < 1.29 is 0 Å². The van der Waals surface area contributed by atoms with E-state index in [9.17, 15) is 9.59 Å². The van der Waals surface area contributed by atoms with Crippen LogP contribution >= 0.6 is 0 Å². The van der Waals surface area contributed by atoms with Gasteiger partial charge in [0, 0.05) is 17.0 Å². The zero-order chi connectivity index (χ0) is 14.4. The van der Waals surface area contributed by atoms with Gasteiger partial charge in [0.25, 0.3) is 5.43 Å². The predicted octanol–water partition coefficient (Wildman–Crippen LogP) is -1.43. The average Bonchev–Trinajstić information content (AvgIpc) is 2.41. The second-order valence-electron chi connectivity index (χ2n) is 4.06. The molecule has 0 fully saturated rings. The molecule has 0 aromatic heterocycles. The molecule has 5 heteroatoms. The van der Waals surface area contributed by atoms with E-state index in [1.54, 1.807) is 6.08 Å². The van der Waals surface area contributed by atoms with Gasteiger partial charge in [-0.05, 0) is 19.8 Å². The van der Waals surface area contributed by atoms with Crippen molar-refractivity contribution in [2.45, 2.75) is 33.6 Å². The van der Waals surface area contributed by atoms with Crippen LogP contribution in [0.5, 0.6) is 0 Å². The van der Waals surface area contributed by atoms with E-state index in [1.165, 1.54) is 0 Å². The molecule has 0 unspecified atom stereocenters. The molecule has 0 aliphatic heterocycles. The summed E-state index contributed by atoms with van der Waals surface area (Å²) in [7, 11) is 0. The molecule has 19 heavy (non-hydrogen) atoms. The van der Waals surface area contributed by atoms with Crippen molar-refractivity contribution in [2.24, 2.45) is 5.10 Å². The third-order valence-electron chi connectivity index (χ3n) is 2.63. The van der Waals surface area contributed by atoms with Crippen LogP contribution in [0.2, 0.25) is 0 Å². The lowest BCUT2D eigenvalue weighted by Gasteiger charge is -1.95. The summed E-state index contributed by atoms with van der Waals surface area (Å²) >= 11 is 0. The SMILES string of the molecule is CC/C=c1/c(=O)c(=O)c(=N)c(=N\NCC)/c1=C/CC. The van der Waals surface area contributed by atoms with Gasteiger partial charge in [-0.1, -0.05) is 26.0 Å². The molecule has 1 aromatic rings. The Labute approximate surface area is 110 Å². The van der Waals surface area contributed by atoms with E-state index in [4.69, 9.17) is 5.41 Å². The first kappa shape index (κ1) is 15.0. The van der Waals surface area contributed by atoms with Gasteiger partial charge < -0.3 is 5.43 Å². The van der Waals surface area contributed by atoms with Gasteiger partial charge in [-0.15, -0.1) is 0 Å². The Balaban J connectivity index is 4.11. The monoisotopic (exact) mass is 261 g/mol. The first-order valence-electron chi connectivity index (χ1n) is 6.47. The maximum atomic E-state index is 12.0. The zero-order valence-corrected chi connectivity index (χ0v) is 11.5. The standard InChI is InChI=1S/C14H19N3O2/c1-4-7-9-10(8-5-2)13(18)14(19)11(15)12(9)17-16-6-3/h7-8,15-16H,4-6H2,1-3H3/b9-7+,10-8+,15-11?,17-12-. The zero-order valence-electron chi connectivity index (χ0n) is 11.5. The molecule has 102 valence electrons. The first-order valence-corrected chi connectivity index (χ1v) is 6.47. The summed E-state index contributed by atoms with van der Waals surface area (Å²) in [6.45, 7) is 6.29. The Bertz CT molecular complexity index is 769. The number of rotatable bonds is 4. The molecule has 0 radical (unpaired) electrons. The van der Waals surface area contributed by atoms with Crippen LogP contribution in [0.25, 0.3) is 12.2 Å². The van der Waals surface area contributed by atoms with Crippen LogP contribution in [0, 0.1) is 5.41 Å². The molecule has 1 rings (SSSR count). The third-order valence-corrected chi connectivity index (χ3v) is 2.63. The molecule has 2 N–H and O–H groups in total. The highest BCUT2D eigenvalue weighted by Crippen LogP contribution is 1.72. The van der Waals surface area contributed by atoms with Crippen LogP contribution in [-0.4, -0.2) is 6.54 Å². The van der Waals surface area contributed by atoms with Gasteiger partial charge in [0.15, 0.2) is 0 Å². The number of hydrogen-bond donors (Lipinski definition) is 2. The van der Waals surface area contributed by atoms with Crippen molar-refractivity contribution in [3.8, 4) is 0 Å². The smallest absolute Gasteiger partial charge is 0.253 e. The quantitative estimate of drug-likeness (QED) is 0.515. The lowest BCUT2D eigenvalue weighted by atomic mass is 10.1. The fourth-order valence-electron chi connectivity index (χ4n) is 1.82. The Morgan fingerprint density at radius 3 is 2.16 bits per heavy atom. The molecule has 0 spiro atoms. The molecule has 0 amide bonds. The van der Waals surface area contributed by atoms with Crippen LogP contribution in [0.3, 0.4) is 0 Å². The van der Waals surface area contributed by atoms with Gasteiger partial charge in [0.05, 0.1) is 0 Å². The summed E-state index contributed by atoms with van der Waals surface area (Å²) in [5.74, 6) is 0. The summed E-state index contributed by atoms with van der Waals surface area (Å²) in [6, 6.07) is 0. The largest absolute Gasteiger partial charge is 0.310 e. The predicted molar refractivity (Wildman–Crippen MR) is 75.2 cm³/mol. The molecule has 0 aliphatic carbocycles. The highest BCUT2D eigenvalue weighted by Gasteiger charge is 2.05. The maximum absolute atomic E-state index is 12.0. The van der Waals surface area contributed by atoms with Crippen LogP contribution in [0.4, 0.5) is 0 Å². The van der Waals surface area contributed by atoms with Crippen molar-refractivity contribution in [1.82, 2.24) is 5.43 Å². The summed E-state index contributed by atoms with van der Waals surface area (Å²) in [4.78, 5) is 23.7. The number of nitrogens with one attached hydrogen (secondary N) is 2. The van der Waals surface area contributed by atoms with Gasteiger partial charge >= 0.3 is 0 Å². The van der Waals surface area contributed by atoms with Crippen molar-refractivity contribution in [1.29, 1.82) is 5.41 Å². The van der Waals surface area contributed by atoms with E-state index in [2.05, 4.69) is 10.5 Å². The van der Waals surface area contributed by atoms with E-state index in [0.717, 1.165) is 0 Å². The van der Waals surface area contributed by atoms with Gasteiger partial charge in [0.2, 0.25) is 5.43 Å². The van der Waals surface area contributed by atoms with E-state index < -0.39 is 10.9 Å². The fraction of sp³-hybridized carbons (Fsp3) is 0.429. The Morgan fingerprint density at radius 1 is 1.05 bits per heavy atom. The first-order chi connectivity index (χ1) is 9.08. The molecule has 0 atom stereocenters. The van der Waals surface area contributed by atoms with Gasteiger partial charge in [-0.3, -0.25) is 15.0 Å². The van der Waals surface area contributed by atoms with Crippen LogP contribution in [0.1, 0.15) is 33.6 Å². The van der Waals surface area contributed by atoms with Crippen molar-refractivity contribution in [3.63, 3.8) is 0 Å². The molecule has 0 bridgehead atoms. The molecule has 0 heterocycles. The topological polar surface area (TPSA) is 82.4 Å². The third kappa shape index (κ3) is 3.05. The second kappa shape index (κ2) is 6.78. The molecular weight excluding hydrogens is 242 g/mol. The van der Waals surface area contributed by atoms with Crippen molar-refractivity contribution in [3.05, 3.63) is 41.6 Å². The number of benzene rings is 1. The van der Waals surface area contributed by atoms with E-state index in [-0.39, 0.29) is 10.7 Å². The summed E-state index contributed by atoms with van der Waals surface area (Å²) in [6.07, 6.45) is 4.90. The summed E-state index contributed by atoms with van der Waals surface area (Å²) < 4.78 is 0. The molecule has 0 saturated heterocycles. The Hall–Kier alpha value is -2.04. The number of hydrogen-bond acceptors (Lipinski definition) is 5. The Morgan fingerprint density at radius 2 is 1.63 bits per heavy atom. The Kier molecular flexibility index (Phi) is 5.36. The van der Waals surface area contributed by atoms with Crippen LogP contribution in [-0.2, 0) is 0 Å². The van der Waals surface area contributed by atoms with Crippen molar-refractivity contribution >= 4 is 12.2 Å². The van der Waals surface area contributed by atoms with Gasteiger partial charge in [0.1, 0.15) is 10.7 Å². The lowest BCUT2D eigenvalue weighted by Crippen LogP contribution is -2.65. The molecule has 1 aromatic carbocycles. The van der Waals surface area contributed by atoms with E-state index in [1.807, 2.05) is 26.8 Å². The second-order valence-corrected chi connectivity index (χ2v) is 4.06. The van der Waals surface area contributed by atoms with Crippen LogP contribution in [0.15, 0.2) is 14.7 Å². The highest BCUT2D eigenvalue weighted by molar-refractivity contribution is 5.31. The van der Waals surface area contributed by atoms with E-state index in [0.29, 0.717) is 29.8 Å². The average molecular weight is 261 g/mol. The highest BCUT2D eigenvalue weighted by atomic mass is 16.2. The molecule has 0 saturated carbocycles. The minimum absolute atomic E-state index is 0.257. The fourth-order valence-corrected chi connectivity index (χ4v) is 1.82. The number of nitrogens with zero attached hydrogens (tertiary/aromatic N) is 1. The molecule has 5 nitrogen and oxygen atoms in total. The van der Waals surface area contributed by atoms with E-state index >= 15 is 0 Å². The maximum Gasteiger partial charge on any atom is 0.253 e. The molecular formula is C14H19N3O2. The molecule has 0 aliphatic rings. The normalized spacial score (nSPS) is 14.2. The van der Waals surface area contributed by atoms with Crippen LogP contribution < -0.4 is 37.4 Å². The van der Waals surface area contributed by atoms with Gasteiger partial charge in [-0.25, -0.2) is 0 Å². The lowest BCUT2D eigenvalue weighted by molar-refractivity contribution is 0.746.